The van der Waals surface area contributed by atoms with Crippen LogP contribution in [0.1, 0.15) is 20.8 Å². The van der Waals surface area contributed by atoms with E-state index in [1.165, 1.54) is 16.3 Å². The predicted molar refractivity (Wildman–Crippen MR) is 118 cm³/mol. The Morgan fingerprint density at radius 3 is 2.66 bits per heavy atom. The van der Waals surface area contributed by atoms with E-state index >= 15 is 0 Å². The Kier molecular flexibility index (Phi) is 6.19. The summed E-state index contributed by atoms with van der Waals surface area (Å²) in [5.41, 5.74) is 0.440. The van der Waals surface area contributed by atoms with Gasteiger partial charge in [0.25, 0.3) is 5.56 Å². The van der Waals surface area contributed by atoms with Crippen LogP contribution in [-0.2, 0) is 4.79 Å². The van der Waals surface area contributed by atoms with E-state index in [4.69, 9.17) is 16.3 Å². The summed E-state index contributed by atoms with van der Waals surface area (Å²) in [6, 6.07) is 12.1. The maximum absolute atomic E-state index is 13.3. The minimum Gasteiger partial charge on any atom is -0.495 e. The molecule has 0 aliphatic heterocycles. The SMILES string of the molecule is COc1ccccc1-n1c(SCC(=O)NC(C)(C)C)nc2cc(Cl)ccc2c1=O. The largest absolute Gasteiger partial charge is 0.495 e. The number of hydrogen-bond acceptors (Lipinski definition) is 5. The van der Waals surface area contributed by atoms with Gasteiger partial charge in [-0.3, -0.25) is 14.2 Å². The molecular weight excluding hydrogens is 410 g/mol. The molecule has 1 aromatic heterocycles. The van der Waals surface area contributed by atoms with Crippen LogP contribution in [0.4, 0.5) is 0 Å². The number of halogens is 1. The van der Waals surface area contributed by atoms with Gasteiger partial charge >= 0.3 is 0 Å². The fourth-order valence-electron chi connectivity index (χ4n) is 2.85. The Morgan fingerprint density at radius 1 is 1.24 bits per heavy atom. The normalized spacial score (nSPS) is 11.5. The van der Waals surface area contributed by atoms with Crippen LogP contribution in [0.15, 0.2) is 52.4 Å². The molecule has 0 unspecified atom stereocenters. The molecule has 6 nitrogen and oxygen atoms in total. The molecule has 2 aromatic carbocycles. The average molecular weight is 432 g/mol. The molecule has 152 valence electrons. The lowest BCUT2D eigenvalue weighted by molar-refractivity contribution is -0.119. The van der Waals surface area contributed by atoms with Crippen molar-refractivity contribution >= 4 is 40.2 Å². The second kappa shape index (κ2) is 8.47. The third kappa shape index (κ3) is 4.92. The number of aromatic nitrogens is 2. The number of para-hydroxylation sites is 2. The molecule has 1 amide bonds. The summed E-state index contributed by atoms with van der Waals surface area (Å²) in [4.78, 5) is 30.2. The molecule has 3 aromatic rings. The fourth-order valence-corrected chi connectivity index (χ4v) is 3.82. The minimum absolute atomic E-state index is 0.116. The van der Waals surface area contributed by atoms with Crippen molar-refractivity contribution in [3.63, 3.8) is 0 Å². The van der Waals surface area contributed by atoms with Crippen LogP contribution in [0.2, 0.25) is 5.02 Å². The third-order valence-electron chi connectivity index (χ3n) is 3.97. The first-order chi connectivity index (χ1) is 13.7. The smallest absolute Gasteiger partial charge is 0.266 e. The van der Waals surface area contributed by atoms with Crippen LogP contribution in [0, 0.1) is 0 Å². The maximum Gasteiger partial charge on any atom is 0.266 e. The number of carbonyl (C=O) groups excluding carboxylic acids is 1. The standard InChI is InChI=1S/C21H22ClN3O3S/c1-21(2,3)24-18(26)12-29-20-23-15-11-13(22)9-10-14(15)19(27)25(20)16-7-5-6-8-17(16)28-4/h5-11H,12H2,1-4H3,(H,24,26). The number of methoxy groups -OCH3 is 1. The van der Waals surface area contributed by atoms with E-state index in [1.807, 2.05) is 32.9 Å². The van der Waals surface area contributed by atoms with E-state index in [0.29, 0.717) is 32.5 Å². The molecule has 0 fully saturated rings. The van der Waals surface area contributed by atoms with Crippen molar-refractivity contribution in [3.05, 3.63) is 57.8 Å². The molecule has 0 saturated carbocycles. The molecule has 0 radical (unpaired) electrons. The number of thioether (sulfide) groups is 1. The molecule has 29 heavy (non-hydrogen) atoms. The number of hydrogen-bond donors (Lipinski definition) is 1. The van der Waals surface area contributed by atoms with Crippen LogP contribution in [0.25, 0.3) is 16.6 Å². The number of carbonyl (C=O) groups is 1. The molecule has 0 saturated heterocycles. The van der Waals surface area contributed by atoms with Gasteiger partial charge in [0.15, 0.2) is 5.16 Å². The monoisotopic (exact) mass is 431 g/mol. The lowest BCUT2D eigenvalue weighted by Gasteiger charge is -2.20. The van der Waals surface area contributed by atoms with Gasteiger partial charge in [0.1, 0.15) is 5.75 Å². The van der Waals surface area contributed by atoms with Gasteiger partial charge in [-0.25, -0.2) is 4.98 Å². The summed E-state index contributed by atoms with van der Waals surface area (Å²) in [5, 5.41) is 4.22. The highest BCUT2D eigenvalue weighted by atomic mass is 35.5. The molecule has 0 atom stereocenters. The van der Waals surface area contributed by atoms with Gasteiger partial charge in [-0.1, -0.05) is 35.5 Å². The Morgan fingerprint density at radius 2 is 1.97 bits per heavy atom. The molecule has 0 aliphatic rings. The first-order valence-electron chi connectivity index (χ1n) is 8.99. The van der Waals surface area contributed by atoms with Crippen molar-refractivity contribution in [3.8, 4) is 11.4 Å². The van der Waals surface area contributed by atoms with E-state index in [2.05, 4.69) is 10.3 Å². The van der Waals surface area contributed by atoms with E-state index in [0.717, 1.165) is 0 Å². The highest BCUT2D eigenvalue weighted by Gasteiger charge is 2.19. The Balaban J connectivity index is 2.13. The molecule has 8 heteroatoms. The van der Waals surface area contributed by atoms with Crippen LogP contribution in [0.3, 0.4) is 0 Å². The number of amides is 1. The average Bonchev–Trinajstić information content (AvgIpc) is 2.65. The van der Waals surface area contributed by atoms with Crippen LogP contribution in [-0.4, -0.2) is 33.9 Å². The van der Waals surface area contributed by atoms with E-state index in [-0.39, 0.29) is 22.8 Å². The second-order valence-electron chi connectivity index (χ2n) is 7.46. The number of ether oxygens (including phenoxy) is 1. The zero-order valence-corrected chi connectivity index (χ0v) is 18.2. The van der Waals surface area contributed by atoms with Crippen molar-refractivity contribution < 1.29 is 9.53 Å². The lowest BCUT2D eigenvalue weighted by atomic mass is 10.1. The van der Waals surface area contributed by atoms with Gasteiger partial charge in [-0.2, -0.15) is 0 Å². The lowest BCUT2D eigenvalue weighted by Crippen LogP contribution is -2.41. The highest BCUT2D eigenvalue weighted by molar-refractivity contribution is 7.99. The first-order valence-corrected chi connectivity index (χ1v) is 10.4. The summed E-state index contributed by atoms with van der Waals surface area (Å²) in [7, 11) is 1.54. The summed E-state index contributed by atoms with van der Waals surface area (Å²) < 4.78 is 6.91. The van der Waals surface area contributed by atoms with Gasteiger partial charge in [-0.05, 0) is 51.1 Å². The van der Waals surface area contributed by atoms with Gasteiger partial charge in [0, 0.05) is 10.6 Å². The van der Waals surface area contributed by atoms with E-state index < -0.39 is 0 Å². The molecule has 0 aliphatic carbocycles. The third-order valence-corrected chi connectivity index (χ3v) is 5.15. The van der Waals surface area contributed by atoms with Crippen LogP contribution >= 0.6 is 23.4 Å². The van der Waals surface area contributed by atoms with Crippen molar-refractivity contribution in [2.45, 2.75) is 31.5 Å². The summed E-state index contributed by atoms with van der Waals surface area (Å²) in [5.74, 6) is 0.505. The number of nitrogens with one attached hydrogen (secondary N) is 1. The topological polar surface area (TPSA) is 73.2 Å². The van der Waals surface area contributed by atoms with E-state index in [1.54, 1.807) is 37.4 Å². The maximum atomic E-state index is 13.3. The second-order valence-corrected chi connectivity index (χ2v) is 8.83. The zero-order chi connectivity index (χ0) is 21.2. The predicted octanol–water partition coefficient (Wildman–Crippen LogP) is 4.05. The van der Waals surface area contributed by atoms with Gasteiger partial charge in [0.05, 0.1) is 29.5 Å². The highest BCUT2D eigenvalue weighted by Crippen LogP contribution is 2.27. The zero-order valence-electron chi connectivity index (χ0n) is 16.7. The Hall–Kier alpha value is -2.51. The van der Waals surface area contributed by atoms with Crippen LogP contribution < -0.4 is 15.6 Å². The van der Waals surface area contributed by atoms with Gasteiger partial charge in [-0.15, -0.1) is 0 Å². The van der Waals surface area contributed by atoms with Gasteiger partial charge in [0.2, 0.25) is 5.91 Å². The summed E-state index contributed by atoms with van der Waals surface area (Å²) >= 11 is 7.27. The summed E-state index contributed by atoms with van der Waals surface area (Å²) in [6.07, 6.45) is 0. The first kappa shape index (κ1) is 21.2. The van der Waals surface area contributed by atoms with Gasteiger partial charge < -0.3 is 10.1 Å². The number of benzene rings is 2. The minimum atomic E-state index is -0.343. The Bertz CT molecular complexity index is 1120. The molecule has 0 spiro atoms. The number of nitrogens with zero attached hydrogens (tertiary/aromatic N) is 2. The number of fused-ring (bicyclic) bond motifs is 1. The fraction of sp³-hybridized carbons (Fsp3) is 0.286. The molecule has 1 heterocycles. The van der Waals surface area contributed by atoms with Crippen molar-refractivity contribution in [1.82, 2.24) is 14.9 Å². The van der Waals surface area contributed by atoms with Crippen molar-refractivity contribution in [1.29, 1.82) is 0 Å². The van der Waals surface area contributed by atoms with Crippen molar-refractivity contribution in [2.24, 2.45) is 0 Å². The molecular formula is C21H22ClN3O3S. The quantitative estimate of drug-likeness (QED) is 0.487. The van der Waals surface area contributed by atoms with E-state index in [9.17, 15) is 9.59 Å². The Labute approximate surface area is 178 Å². The molecule has 0 bridgehead atoms. The number of rotatable bonds is 5. The molecule has 1 N–H and O–H groups in total. The summed E-state index contributed by atoms with van der Waals surface area (Å²) in [6.45, 7) is 5.74. The van der Waals surface area contributed by atoms with Crippen LogP contribution in [0.5, 0.6) is 5.75 Å². The van der Waals surface area contributed by atoms with Crippen molar-refractivity contribution in [2.75, 3.05) is 12.9 Å². The molecule has 3 rings (SSSR count).